The van der Waals surface area contributed by atoms with Crippen LogP contribution in [-0.2, 0) is 13.8 Å². The number of phosphoric ester groups is 1. The summed E-state index contributed by atoms with van der Waals surface area (Å²) in [6.07, 6.45) is 4.41. The van der Waals surface area contributed by atoms with Gasteiger partial charge in [0, 0.05) is 18.8 Å². The van der Waals surface area contributed by atoms with E-state index in [4.69, 9.17) is 14.5 Å². The van der Waals surface area contributed by atoms with E-state index in [0.717, 1.165) is 0 Å². The van der Waals surface area contributed by atoms with Crippen LogP contribution >= 0.6 is 7.82 Å². The van der Waals surface area contributed by atoms with Gasteiger partial charge in [0.15, 0.2) is 16.8 Å². The van der Waals surface area contributed by atoms with Crippen molar-refractivity contribution >= 4 is 24.6 Å². The summed E-state index contributed by atoms with van der Waals surface area (Å²) in [6, 6.07) is 0. The number of aliphatic hydroxyl groups excluding tert-OH is 1. The Balaban J connectivity index is 1.60. The van der Waals surface area contributed by atoms with E-state index < -0.39 is 32.9 Å². The van der Waals surface area contributed by atoms with Gasteiger partial charge < -0.3 is 19.6 Å². The molecule has 1 fully saturated rings. The second kappa shape index (κ2) is 5.59. The zero-order valence-corrected chi connectivity index (χ0v) is 13.1. The van der Waals surface area contributed by atoms with Crippen LogP contribution in [0.25, 0.3) is 16.8 Å². The van der Waals surface area contributed by atoms with Crippen molar-refractivity contribution in [3.63, 3.8) is 0 Å². The minimum absolute atomic E-state index is 0.224. The number of fused-ring (bicyclic) bond motifs is 3. The maximum Gasteiger partial charge on any atom is 0.469 e. The molecule has 128 valence electrons. The van der Waals surface area contributed by atoms with Gasteiger partial charge in [0.05, 0.1) is 19.0 Å². The van der Waals surface area contributed by atoms with Gasteiger partial charge >= 0.3 is 7.82 Å². The molecule has 3 atom stereocenters. The van der Waals surface area contributed by atoms with Gasteiger partial charge in [-0.3, -0.25) is 13.5 Å². The molecule has 1 aliphatic rings. The van der Waals surface area contributed by atoms with Gasteiger partial charge in [-0.2, -0.15) is 0 Å². The zero-order chi connectivity index (χ0) is 16.9. The van der Waals surface area contributed by atoms with Crippen LogP contribution in [0.15, 0.2) is 25.0 Å². The molecule has 3 aromatic heterocycles. The predicted molar refractivity (Wildman–Crippen MR) is 78.8 cm³/mol. The molecule has 1 aliphatic heterocycles. The van der Waals surface area contributed by atoms with Gasteiger partial charge in [-0.1, -0.05) is 0 Å². The number of ether oxygens (including phenoxy) is 1. The molecule has 0 spiro atoms. The lowest BCUT2D eigenvalue weighted by Crippen LogP contribution is -2.25. The highest BCUT2D eigenvalue weighted by Gasteiger charge is 2.37. The van der Waals surface area contributed by atoms with Gasteiger partial charge in [-0.15, -0.1) is 0 Å². The third-order valence-electron chi connectivity index (χ3n) is 3.87. The van der Waals surface area contributed by atoms with E-state index in [1.807, 2.05) is 0 Å². The van der Waals surface area contributed by atoms with Crippen LogP contribution in [-0.4, -0.2) is 57.6 Å². The van der Waals surface area contributed by atoms with Gasteiger partial charge in [0.1, 0.15) is 18.7 Å². The highest BCUT2D eigenvalue weighted by Crippen LogP contribution is 2.38. The fourth-order valence-electron chi connectivity index (χ4n) is 2.76. The number of aromatic nitrogens is 5. The summed E-state index contributed by atoms with van der Waals surface area (Å²) in [4.78, 5) is 30.4. The SMILES string of the molecule is O=P(O)(O)OC[C@@H]1O[C@@H](n2cnc3c2ncn2ccnc32)C[C@H]1O. The monoisotopic (exact) mass is 355 g/mol. The molecule has 0 saturated carbocycles. The molecule has 0 aromatic carbocycles. The quantitative estimate of drug-likeness (QED) is 0.543. The molecule has 3 N–H and O–H groups in total. The molecule has 4 heterocycles. The van der Waals surface area contributed by atoms with E-state index in [-0.39, 0.29) is 6.42 Å². The van der Waals surface area contributed by atoms with Gasteiger partial charge in [-0.25, -0.2) is 19.5 Å². The van der Waals surface area contributed by atoms with Crippen molar-refractivity contribution in [1.29, 1.82) is 0 Å². The number of nitrogens with zero attached hydrogens (tertiary/aromatic N) is 5. The number of hydrogen-bond donors (Lipinski definition) is 3. The number of imidazole rings is 2. The first-order chi connectivity index (χ1) is 11.4. The van der Waals surface area contributed by atoms with Gasteiger partial charge in [-0.05, 0) is 0 Å². The van der Waals surface area contributed by atoms with Crippen LogP contribution in [0.4, 0.5) is 0 Å². The van der Waals surface area contributed by atoms with Crippen LogP contribution in [0, 0.1) is 0 Å². The summed E-state index contributed by atoms with van der Waals surface area (Å²) in [6.45, 7) is -0.410. The van der Waals surface area contributed by atoms with Crippen LogP contribution in [0.1, 0.15) is 12.6 Å². The van der Waals surface area contributed by atoms with Crippen LogP contribution in [0.3, 0.4) is 0 Å². The Hall–Kier alpha value is -1.88. The van der Waals surface area contributed by atoms with Gasteiger partial charge in [0.2, 0.25) is 0 Å². The minimum Gasteiger partial charge on any atom is -0.390 e. The topological polar surface area (TPSA) is 144 Å². The number of phosphoric acid groups is 1. The first kappa shape index (κ1) is 15.6. The Morgan fingerprint density at radius 3 is 2.92 bits per heavy atom. The fourth-order valence-corrected chi connectivity index (χ4v) is 3.10. The standard InChI is InChI=1S/C12H14N5O6P/c18-7-3-9(23-8(7)4-22-24(19,20)21)17-6-14-10-11-13-1-2-16(11)5-15-12(10)17/h1-2,5-9,18H,3-4H2,(H2,19,20,21)/t7-,8+,9-/m1/s1. The Bertz CT molecular complexity index is 934. The van der Waals surface area contributed by atoms with Gasteiger partial charge in [0.25, 0.3) is 0 Å². The molecule has 12 heteroatoms. The second-order valence-electron chi connectivity index (χ2n) is 5.45. The van der Waals surface area contributed by atoms with E-state index >= 15 is 0 Å². The van der Waals surface area contributed by atoms with E-state index in [2.05, 4.69) is 19.5 Å². The summed E-state index contributed by atoms with van der Waals surface area (Å²) in [7, 11) is -4.62. The predicted octanol–water partition coefficient (Wildman–Crippen LogP) is -0.163. The highest BCUT2D eigenvalue weighted by atomic mass is 31.2. The maximum atomic E-state index is 10.8. The molecule has 0 radical (unpaired) electrons. The lowest BCUT2D eigenvalue weighted by molar-refractivity contribution is -0.0424. The first-order valence-corrected chi connectivity index (χ1v) is 8.63. The van der Waals surface area contributed by atoms with Crippen molar-refractivity contribution in [2.75, 3.05) is 6.61 Å². The van der Waals surface area contributed by atoms with E-state index in [1.54, 1.807) is 27.7 Å². The lowest BCUT2D eigenvalue weighted by atomic mass is 10.2. The molecule has 3 aromatic rings. The van der Waals surface area contributed by atoms with Crippen molar-refractivity contribution in [1.82, 2.24) is 23.9 Å². The average Bonchev–Trinajstić information content (AvgIpc) is 3.20. The molecule has 0 unspecified atom stereocenters. The molecule has 0 amide bonds. The van der Waals surface area contributed by atoms with Crippen LogP contribution in [0.2, 0.25) is 0 Å². The molecule has 4 rings (SSSR count). The molecule has 0 aliphatic carbocycles. The third kappa shape index (κ3) is 2.71. The third-order valence-corrected chi connectivity index (χ3v) is 4.36. The molecular weight excluding hydrogens is 341 g/mol. The maximum absolute atomic E-state index is 10.8. The molecule has 24 heavy (non-hydrogen) atoms. The second-order valence-corrected chi connectivity index (χ2v) is 6.68. The summed E-state index contributed by atoms with van der Waals surface area (Å²) < 4.78 is 24.2. The number of aliphatic hydroxyl groups is 1. The minimum atomic E-state index is -4.62. The van der Waals surface area contributed by atoms with Crippen molar-refractivity contribution in [2.24, 2.45) is 0 Å². The van der Waals surface area contributed by atoms with Crippen LogP contribution in [0.5, 0.6) is 0 Å². The summed E-state index contributed by atoms with van der Waals surface area (Å²) in [5, 5.41) is 10.0. The normalized spacial score (nSPS) is 25.0. The Kier molecular flexibility index (Phi) is 3.64. The van der Waals surface area contributed by atoms with E-state index in [1.165, 1.54) is 6.33 Å². The fraction of sp³-hybridized carbons (Fsp3) is 0.417. The first-order valence-electron chi connectivity index (χ1n) is 7.10. The van der Waals surface area contributed by atoms with E-state index in [0.29, 0.717) is 16.8 Å². The number of rotatable bonds is 4. The Labute approximate surface area is 134 Å². The Morgan fingerprint density at radius 1 is 1.29 bits per heavy atom. The van der Waals surface area contributed by atoms with E-state index in [9.17, 15) is 9.67 Å². The highest BCUT2D eigenvalue weighted by molar-refractivity contribution is 7.46. The average molecular weight is 355 g/mol. The molecule has 0 bridgehead atoms. The van der Waals surface area contributed by atoms with Crippen molar-refractivity contribution < 1.29 is 28.7 Å². The Morgan fingerprint density at radius 2 is 2.12 bits per heavy atom. The largest absolute Gasteiger partial charge is 0.469 e. The van der Waals surface area contributed by atoms with Crippen LogP contribution < -0.4 is 0 Å². The summed E-state index contributed by atoms with van der Waals surface area (Å²) in [5.74, 6) is 0. The molecular formula is C12H14N5O6P. The zero-order valence-electron chi connectivity index (χ0n) is 12.2. The van der Waals surface area contributed by atoms with Crippen molar-refractivity contribution in [3.8, 4) is 0 Å². The smallest absolute Gasteiger partial charge is 0.390 e. The summed E-state index contributed by atoms with van der Waals surface area (Å²) >= 11 is 0. The summed E-state index contributed by atoms with van der Waals surface area (Å²) in [5.41, 5.74) is 1.79. The molecule has 11 nitrogen and oxygen atoms in total. The van der Waals surface area contributed by atoms with Crippen molar-refractivity contribution in [2.45, 2.75) is 24.9 Å². The number of hydrogen-bond acceptors (Lipinski definition) is 7. The van der Waals surface area contributed by atoms with Crippen molar-refractivity contribution in [3.05, 3.63) is 25.0 Å². The molecule has 1 saturated heterocycles. The lowest BCUT2D eigenvalue weighted by Gasteiger charge is -2.16.